The fraction of sp³-hybridized carbons (Fsp3) is 0.536. The fourth-order valence-corrected chi connectivity index (χ4v) is 5.37. The molecule has 1 saturated carbocycles. The van der Waals surface area contributed by atoms with Gasteiger partial charge < -0.3 is 18.9 Å². The van der Waals surface area contributed by atoms with Gasteiger partial charge in [0.15, 0.2) is 5.78 Å². The van der Waals surface area contributed by atoms with Crippen LogP contribution in [0.3, 0.4) is 0 Å². The number of ether oxygens (including phenoxy) is 2. The third-order valence-electron chi connectivity index (χ3n) is 7.11. The second kappa shape index (κ2) is 11.6. The highest BCUT2D eigenvalue weighted by Crippen LogP contribution is 2.30. The van der Waals surface area contributed by atoms with Crippen LogP contribution in [0.4, 0.5) is 0 Å². The lowest BCUT2D eigenvalue weighted by Gasteiger charge is -2.38. The second-order valence-electron chi connectivity index (χ2n) is 9.18. The monoisotopic (exact) mass is 482 g/mol. The van der Waals surface area contributed by atoms with E-state index in [0.29, 0.717) is 34.7 Å². The van der Waals surface area contributed by atoms with Gasteiger partial charge in [0.1, 0.15) is 11.4 Å². The Morgan fingerprint density at radius 1 is 1.11 bits per heavy atom. The lowest BCUT2D eigenvalue weighted by Crippen LogP contribution is -2.50. The van der Waals surface area contributed by atoms with Crippen molar-refractivity contribution in [2.45, 2.75) is 85.4 Å². The Labute approximate surface area is 208 Å². The van der Waals surface area contributed by atoms with Crippen molar-refractivity contribution in [2.75, 3.05) is 13.7 Å². The number of benzene rings is 1. The van der Waals surface area contributed by atoms with Gasteiger partial charge in [-0.3, -0.25) is 9.59 Å². The van der Waals surface area contributed by atoms with E-state index in [1.165, 1.54) is 0 Å². The molecule has 0 bridgehead atoms. The molecule has 2 aromatic rings. The minimum absolute atomic E-state index is 0.0141. The van der Waals surface area contributed by atoms with Crippen LogP contribution in [0.15, 0.2) is 24.3 Å². The molecule has 0 spiro atoms. The van der Waals surface area contributed by atoms with Gasteiger partial charge in [-0.15, -0.1) is 0 Å². The number of hydrogen-bond acceptors (Lipinski definition) is 5. The Bertz CT molecular complexity index is 1080. The third-order valence-corrected chi connectivity index (χ3v) is 7.11. The predicted molar refractivity (Wildman–Crippen MR) is 135 cm³/mol. The van der Waals surface area contributed by atoms with Gasteiger partial charge in [0, 0.05) is 29.4 Å². The molecular formula is C28H38N2O5. The normalized spacial score (nSPS) is 14.9. The Balaban J connectivity index is 2.04. The van der Waals surface area contributed by atoms with Crippen LogP contribution in [0.1, 0.15) is 95.3 Å². The van der Waals surface area contributed by atoms with Gasteiger partial charge in [0.2, 0.25) is 0 Å². The maximum absolute atomic E-state index is 14.0. The first-order valence-corrected chi connectivity index (χ1v) is 12.6. The van der Waals surface area contributed by atoms with Crippen LogP contribution in [0.2, 0.25) is 0 Å². The summed E-state index contributed by atoms with van der Waals surface area (Å²) in [5.41, 5.74) is 2.74. The number of Topliss-reactive ketones (excluding diaryl/α,β-unsaturated/α-hetero) is 1. The van der Waals surface area contributed by atoms with Crippen molar-refractivity contribution < 1.29 is 23.9 Å². The molecule has 1 aliphatic carbocycles. The molecule has 7 nitrogen and oxygen atoms in total. The van der Waals surface area contributed by atoms with E-state index in [-0.39, 0.29) is 24.3 Å². The number of esters is 1. The fourth-order valence-electron chi connectivity index (χ4n) is 5.37. The van der Waals surface area contributed by atoms with E-state index in [1.54, 1.807) is 57.0 Å². The molecule has 190 valence electrons. The van der Waals surface area contributed by atoms with Gasteiger partial charge in [-0.25, -0.2) is 4.79 Å². The average molecular weight is 483 g/mol. The lowest BCUT2D eigenvalue weighted by atomic mass is 9.90. The van der Waals surface area contributed by atoms with Crippen molar-refractivity contribution in [3.05, 3.63) is 52.3 Å². The van der Waals surface area contributed by atoms with E-state index >= 15 is 0 Å². The Hall–Kier alpha value is -3.09. The van der Waals surface area contributed by atoms with Crippen molar-refractivity contribution in [2.24, 2.45) is 0 Å². The molecule has 1 fully saturated rings. The van der Waals surface area contributed by atoms with Gasteiger partial charge in [-0.2, -0.15) is 0 Å². The van der Waals surface area contributed by atoms with Crippen molar-refractivity contribution >= 4 is 17.7 Å². The van der Waals surface area contributed by atoms with Crippen LogP contribution >= 0.6 is 0 Å². The Morgan fingerprint density at radius 2 is 1.80 bits per heavy atom. The first-order chi connectivity index (χ1) is 16.8. The quantitative estimate of drug-likeness (QED) is 0.355. The van der Waals surface area contributed by atoms with Crippen LogP contribution in [0, 0.1) is 13.8 Å². The minimum Gasteiger partial charge on any atom is -0.497 e. The van der Waals surface area contributed by atoms with Gasteiger partial charge >= 0.3 is 5.97 Å². The number of aromatic nitrogens is 1. The third kappa shape index (κ3) is 5.29. The smallest absolute Gasteiger partial charge is 0.355 e. The van der Waals surface area contributed by atoms with E-state index in [9.17, 15) is 14.4 Å². The van der Waals surface area contributed by atoms with Crippen molar-refractivity contribution in [3.63, 3.8) is 0 Å². The zero-order chi connectivity index (χ0) is 25.7. The van der Waals surface area contributed by atoms with Crippen molar-refractivity contribution in [1.29, 1.82) is 0 Å². The standard InChI is InChI=1S/C28H38N2O5/c1-7-29-19(4)24(18(3)25(29)28(33)35-8-2)26(31)20(5)30(22-14-10-9-11-15-22)27(32)21-13-12-16-23(17-21)34-6/h12-13,16-17,20,22H,7-11,14-15H2,1-6H3. The summed E-state index contributed by atoms with van der Waals surface area (Å²) < 4.78 is 12.4. The molecule has 1 aromatic heterocycles. The molecule has 1 aromatic carbocycles. The molecule has 3 rings (SSSR count). The number of nitrogens with zero attached hydrogens (tertiary/aromatic N) is 2. The molecule has 0 N–H and O–H groups in total. The molecular weight excluding hydrogens is 444 g/mol. The summed E-state index contributed by atoms with van der Waals surface area (Å²) in [4.78, 5) is 42.3. The van der Waals surface area contributed by atoms with Crippen LogP contribution in [0.25, 0.3) is 0 Å². The number of carbonyl (C=O) groups excluding carboxylic acids is 3. The summed E-state index contributed by atoms with van der Waals surface area (Å²) in [5, 5.41) is 0. The zero-order valence-electron chi connectivity index (χ0n) is 21.8. The molecule has 1 atom stereocenters. The average Bonchev–Trinajstić information content (AvgIpc) is 3.13. The number of carbonyl (C=O) groups is 3. The van der Waals surface area contributed by atoms with Crippen LogP contribution < -0.4 is 4.74 Å². The second-order valence-corrected chi connectivity index (χ2v) is 9.18. The molecule has 1 amide bonds. The Morgan fingerprint density at radius 3 is 2.40 bits per heavy atom. The van der Waals surface area contributed by atoms with E-state index in [1.807, 2.05) is 18.4 Å². The number of methoxy groups -OCH3 is 1. The molecule has 35 heavy (non-hydrogen) atoms. The molecule has 0 radical (unpaired) electrons. The van der Waals surface area contributed by atoms with E-state index in [4.69, 9.17) is 9.47 Å². The van der Waals surface area contributed by atoms with Crippen LogP contribution in [-0.4, -0.2) is 52.9 Å². The van der Waals surface area contributed by atoms with Crippen molar-refractivity contribution in [3.8, 4) is 5.75 Å². The highest BCUT2D eigenvalue weighted by atomic mass is 16.5. The van der Waals surface area contributed by atoms with Crippen molar-refractivity contribution in [1.82, 2.24) is 9.47 Å². The first kappa shape index (κ1) is 26.5. The first-order valence-electron chi connectivity index (χ1n) is 12.6. The van der Waals surface area contributed by atoms with Gasteiger partial charge in [-0.05, 0) is 71.2 Å². The zero-order valence-corrected chi connectivity index (χ0v) is 21.8. The molecule has 1 unspecified atom stereocenters. The highest BCUT2D eigenvalue weighted by Gasteiger charge is 2.37. The Kier molecular flexibility index (Phi) is 8.76. The molecule has 1 heterocycles. The number of hydrogen-bond donors (Lipinski definition) is 0. The topological polar surface area (TPSA) is 77.8 Å². The number of amides is 1. The van der Waals surface area contributed by atoms with E-state index < -0.39 is 12.0 Å². The van der Waals surface area contributed by atoms with Crippen LogP contribution in [-0.2, 0) is 11.3 Å². The molecule has 7 heteroatoms. The minimum atomic E-state index is -0.683. The predicted octanol–water partition coefficient (Wildman–Crippen LogP) is 5.36. The van der Waals surface area contributed by atoms with E-state index in [2.05, 4.69) is 0 Å². The van der Waals surface area contributed by atoms with Gasteiger partial charge in [0.25, 0.3) is 5.91 Å². The molecule has 0 saturated heterocycles. The summed E-state index contributed by atoms with van der Waals surface area (Å²) in [6.07, 6.45) is 4.95. The van der Waals surface area contributed by atoms with Crippen LogP contribution in [0.5, 0.6) is 5.75 Å². The molecule has 0 aliphatic heterocycles. The van der Waals surface area contributed by atoms with E-state index in [0.717, 1.165) is 37.8 Å². The lowest BCUT2D eigenvalue weighted by molar-refractivity contribution is 0.0485. The number of ketones is 1. The van der Waals surface area contributed by atoms with Gasteiger partial charge in [0.05, 0.1) is 19.8 Å². The largest absolute Gasteiger partial charge is 0.497 e. The summed E-state index contributed by atoms with van der Waals surface area (Å²) in [5.74, 6) is -0.158. The summed E-state index contributed by atoms with van der Waals surface area (Å²) >= 11 is 0. The van der Waals surface area contributed by atoms with Gasteiger partial charge in [-0.1, -0.05) is 25.3 Å². The maximum atomic E-state index is 14.0. The highest BCUT2D eigenvalue weighted by molar-refractivity contribution is 6.07. The summed E-state index contributed by atoms with van der Waals surface area (Å²) in [6, 6.07) is 6.38. The SMILES string of the molecule is CCOC(=O)c1c(C)c(C(=O)C(C)N(C(=O)c2cccc(OC)c2)C2CCCCC2)c(C)n1CC. The molecule has 1 aliphatic rings. The number of rotatable bonds is 9. The maximum Gasteiger partial charge on any atom is 0.355 e. The summed E-state index contributed by atoms with van der Waals surface area (Å²) in [6.45, 7) is 9.95. The summed E-state index contributed by atoms with van der Waals surface area (Å²) in [7, 11) is 1.57.